The SMILES string of the molecule is NC(=C(c1ccccc1)c1ccccc1)N1C(=O)C=CC1=O. The summed E-state index contributed by atoms with van der Waals surface area (Å²) in [6.07, 6.45) is 2.45. The average Bonchev–Trinajstić information content (AvgIpc) is 2.88. The number of hydrogen-bond donors (Lipinski definition) is 1. The minimum absolute atomic E-state index is 0.136. The molecule has 1 aliphatic heterocycles. The molecule has 2 aromatic rings. The van der Waals surface area contributed by atoms with E-state index in [1.54, 1.807) is 0 Å². The lowest BCUT2D eigenvalue weighted by molar-refractivity contribution is -0.134. The summed E-state index contributed by atoms with van der Waals surface area (Å²) in [7, 11) is 0. The Morgan fingerprint density at radius 3 is 1.55 bits per heavy atom. The molecular weight excluding hydrogens is 276 g/mol. The summed E-state index contributed by atoms with van der Waals surface area (Å²) in [6, 6.07) is 18.9. The van der Waals surface area contributed by atoms with E-state index in [1.807, 2.05) is 60.7 Å². The molecule has 3 rings (SSSR count). The van der Waals surface area contributed by atoms with Gasteiger partial charge < -0.3 is 5.73 Å². The summed E-state index contributed by atoms with van der Waals surface area (Å²) in [5.41, 5.74) is 8.54. The average molecular weight is 290 g/mol. The summed E-state index contributed by atoms with van der Waals surface area (Å²) >= 11 is 0. The first-order valence-corrected chi connectivity index (χ1v) is 6.85. The minimum atomic E-state index is -0.424. The standard InChI is InChI=1S/C18H14N2O2/c19-18(20-15(21)11-12-16(20)22)17(13-7-3-1-4-8-13)14-9-5-2-6-10-14/h1-12H,19H2. The van der Waals surface area contributed by atoms with Gasteiger partial charge in [-0.1, -0.05) is 60.7 Å². The molecule has 4 nitrogen and oxygen atoms in total. The third-order valence-corrected chi connectivity index (χ3v) is 3.43. The van der Waals surface area contributed by atoms with Gasteiger partial charge in [0.25, 0.3) is 11.8 Å². The molecule has 2 N–H and O–H groups in total. The lowest BCUT2D eigenvalue weighted by Crippen LogP contribution is -2.34. The van der Waals surface area contributed by atoms with E-state index in [4.69, 9.17) is 5.73 Å². The third kappa shape index (κ3) is 2.42. The number of benzene rings is 2. The lowest BCUT2D eigenvalue weighted by atomic mass is 9.97. The molecule has 0 radical (unpaired) electrons. The van der Waals surface area contributed by atoms with Crippen molar-refractivity contribution in [3.63, 3.8) is 0 Å². The fourth-order valence-corrected chi connectivity index (χ4v) is 2.42. The highest BCUT2D eigenvalue weighted by molar-refractivity contribution is 6.15. The third-order valence-electron chi connectivity index (χ3n) is 3.43. The Labute approximate surface area is 128 Å². The van der Waals surface area contributed by atoms with Crippen LogP contribution in [-0.4, -0.2) is 16.7 Å². The Morgan fingerprint density at radius 1 is 0.727 bits per heavy atom. The predicted molar refractivity (Wildman–Crippen MR) is 84.1 cm³/mol. The molecular formula is C18H14N2O2. The van der Waals surface area contributed by atoms with E-state index in [0.29, 0.717) is 5.57 Å². The number of carbonyl (C=O) groups excluding carboxylic acids is 2. The molecule has 22 heavy (non-hydrogen) atoms. The maximum Gasteiger partial charge on any atom is 0.259 e. The van der Waals surface area contributed by atoms with Crippen LogP contribution in [0.25, 0.3) is 5.57 Å². The van der Waals surface area contributed by atoms with Gasteiger partial charge >= 0.3 is 0 Å². The Bertz CT molecular complexity index is 718. The first-order chi connectivity index (χ1) is 10.7. The molecule has 2 aromatic carbocycles. The molecule has 0 aliphatic carbocycles. The van der Waals surface area contributed by atoms with Crippen molar-refractivity contribution in [3.8, 4) is 0 Å². The zero-order valence-electron chi connectivity index (χ0n) is 11.8. The fourth-order valence-electron chi connectivity index (χ4n) is 2.42. The van der Waals surface area contributed by atoms with Gasteiger partial charge in [-0.3, -0.25) is 9.59 Å². The molecule has 108 valence electrons. The second kappa shape index (κ2) is 5.69. The molecule has 1 aliphatic rings. The predicted octanol–water partition coefficient (Wildman–Crippen LogP) is 2.29. The van der Waals surface area contributed by atoms with Crippen LogP contribution in [0.2, 0.25) is 0 Å². The number of carbonyl (C=O) groups is 2. The molecule has 0 saturated heterocycles. The highest BCUT2D eigenvalue weighted by Gasteiger charge is 2.28. The van der Waals surface area contributed by atoms with Crippen LogP contribution in [0.5, 0.6) is 0 Å². The van der Waals surface area contributed by atoms with Gasteiger partial charge in [0.2, 0.25) is 0 Å². The Morgan fingerprint density at radius 2 is 1.14 bits per heavy atom. The Balaban J connectivity index is 2.20. The van der Waals surface area contributed by atoms with Crippen LogP contribution in [0, 0.1) is 0 Å². The highest BCUT2D eigenvalue weighted by Crippen LogP contribution is 2.27. The number of rotatable bonds is 3. The zero-order valence-corrected chi connectivity index (χ0v) is 11.8. The van der Waals surface area contributed by atoms with Gasteiger partial charge in [-0.05, 0) is 11.1 Å². The van der Waals surface area contributed by atoms with E-state index in [1.165, 1.54) is 12.2 Å². The topological polar surface area (TPSA) is 63.4 Å². The number of nitrogens with two attached hydrogens (primary N) is 1. The number of hydrogen-bond acceptors (Lipinski definition) is 3. The van der Waals surface area contributed by atoms with Crippen LogP contribution < -0.4 is 5.73 Å². The van der Waals surface area contributed by atoms with Gasteiger partial charge in [0.15, 0.2) is 0 Å². The van der Waals surface area contributed by atoms with Crippen LogP contribution in [0.3, 0.4) is 0 Å². The zero-order chi connectivity index (χ0) is 15.5. The Kier molecular flexibility index (Phi) is 3.58. The fraction of sp³-hybridized carbons (Fsp3) is 0. The van der Waals surface area contributed by atoms with Crippen molar-refractivity contribution in [2.75, 3.05) is 0 Å². The Hall–Kier alpha value is -3.14. The molecule has 0 fully saturated rings. The maximum absolute atomic E-state index is 11.9. The van der Waals surface area contributed by atoms with Gasteiger partial charge in [0.1, 0.15) is 5.82 Å². The van der Waals surface area contributed by atoms with Crippen molar-refractivity contribution in [2.24, 2.45) is 5.73 Å². The van der Waals surface area contributed by atoms with Gasteiger partial charge in [-0.25, -0.2) is 4.90 Å². The largest absolute Gasteiger partial charge is 0.384 e. The van der Waals surface area contributed by atoms with E-state index in [9.17, 15) is 9.59 Å². The number of nitrogens with zero attached hydrogens (tertiary/aromatic N) is 1. The maximum atomic E-state index is 11.9. The summed E-state index contributed by atoms with van der Waals surface area (Å²) in [5, 5.41) is 0. The second-order valence-corrected chi connectivity index (χ2v) is 4.84. The van der Waals surface area contributed by atoms with Crippen molar-refractivity contribution in [2.45, 2.75) is 0 Å². The van der Waals surface area contributed by atoms with Crippen molar-refractivity contribution < 1.29 is 9.59 Å². The molecule has 2 amide bonds. The van der Waals surface area contributed by atoms with E-state index >= 15 is 0 Å². The molecule has 0 saturated carbocycles. The molecule has 0 spiro atoms. The van der Waals surface area contributed by atoms with E-state index in [-0.39, 0.29) is 5.82 Å². The van der Waals surface area contributed by atoms with Gasteiger partial charge in [-0.2, -0.15) is 0 Å². The van der Waals surface area contributed by atoms with Crippen LogP contribution in [0.1, 0.15) is 11.1 Å². The van der Waals surface area contributed by atoms with E-state index in [0.717, 1.165) is 16.0 Å². The van der Waals surface area contributed by atoms with Crippen LogP contribution >= 0.6 is 0 Å². The van der Waals surface area contributed by atoms with Crippen LogP contribution in [-0.2, 0) is 9.59 Å². The second-order valence-electron chi connectivity index (χ2n) is 4.84. The van der Waals surface area contributed by atoms with Crippen molar-refractivity contribution >= 4 is 17.4 Å². The summed E-state index contributed by atoms with van der Waals surface area (Å²) in [5.74, 6) is -0.712. The number of amides is 2. The summed E-state index contributed by atoms with van der Waals surface area (Å²) < 4.78 is 0. The van der Waals surface area contributed by atoms with Crippen molar-refractivity contribution in [1.29, 1.82) is 0 Å². The van der Waals surface area contributed by atoms with E-state index < -0.39 is 11.8 Å². The molecule has 0 bridgehead atoms. The quantitative estimate of drug-likeness (QED) is 0.882. The first-order valence-electron chi connectivity index (χ1n) is 6.85. The smallest absolute Gasteiger partial charge is 0.259 e. The number of imide groups is 1. The highest BCUT2D eigenvalue weighted by atomic mass is 16.2. The summed E-state index contributed by atoms with van der Waals surface area (Å²) in [4.78, 5) is 24.8. The van der Waals surface area contributed by atoms with Crippen molar-refractivity contribution in [1.82, 2.24) is 4.90 Å². The molecule has 1 heterocycles. The first kappa shape index (κ1) is 13.8. The van der Waals surface area contributed by atoms with Gasteiger partial charge in [-0.15, -0.1) is 0 Å². The van der Waals surface area contributed by atoms with Crippen LogP contribution in [0.15, 0.2) is 78.6 Å². The van der Waals surface area contributed by atoms with Gasteiger partial charge in [0, 0.05) is 17.7 Å². The van der Waals surface area contributed by atoms with Gasteiger partial charge in [0.05, 0.1) is 0 Å². The lowest BCUT2D eigenvalue weighted by Gasteiger charge is -2.19. The van der Waals surface area contributed by atoms with Crippen LogP contribution in [0.4, 0.5) is 0 Å². The monoisotopic (exact) mass is 290 g/mol. The van der Waals surface area contributed by atoms with E-state index in [2.05, 4.69) is 0 Å². The molecule has 0 atom stereocenters. The molecule has 0 aromatic heterocycles. The summed E-state index contributed by atoms with van der Waals surface area (Å²) in [6.45, 7) is 0. The molecule has 0 unspecified atom stereocenters. The molecule has 4 heteroatoms. The van der Waals surface area contributed by atoms with Crippen molar-refractivity contribution in [3.05, 3.63) is 89.8 Å². The minimum Gasteiger partial charge on any atom is -0.384 e. The normalized spacial score (nSPS) is 13.5.